The maximum absolute atomic E-state index is 13.1. The summed E-state index contributed by atoms with van der Waals surface area (Å²) in [7, 11) is 0. The highest BCUT2D eigenvalue weighted by atomic mass is 19.1. The van der Waals surface area contributed by atoms with Gasteiger partial charge in [-0.3, -0.25) is 0 Å². The molecular weight excluding hydrogens is 268 g/mol. The van der Waals surface area contributed by atoms with Crippen LogP contribution >= 0.6 is 0 Å². The Morgan fingerprint density at radius 1 is 1.05 bits per heavy atom. The third kappa shape index (κ3) is 3.48. The first-order valence-electron chi connectivity index (χ1n) is 7.48. The molecule has 0 spiro atoms. The summed E-state index contributed by atoms with van der Waals surface area (Å²) in [6, 6.07) is 12.6. The van der Waals surface area contributed by atoms with E-state index < -0.39 is 11.6 Å². The van der Waals surface area contributed by atoms with E-state index in [1.165, 1.54) is 29.7 Å². The van der Waals surface area contributed by atoms with Crippen LogP contribution < -0.4 is 5.32 Å². The molecule has 3 heteroatoms. The third-order valence-electron chi connectivity index (χ3n) is 4.10. The van der Waals surface area contributed by atoms with Crippen molar-refractivity contribution in [2.24, 2.45) is 0 Å². The summed E-state index contributed by atoms with van der Waals surface area (Å²) in [4.78, 5) is 0. The second-order valence-corrected chi connectivity index (χ2v) is 5.63. The van der Waals surface area contributed by atoms with Gasteiger partial charge in [0.15, 0.2) is 0 Å². The number of hydrogen-bond donors (Lipinski definition) is 1. The van der Waals surface area contributed by atoms with Crippen molar-refractivity contribution >= 4 is 0 Å². The number of benzene rings is 2. The number of rotatable bonds is 4. The van der Waals surface area contributed by atoms with Crippen LogP contribution in [0.25, 0.3) is 0 Å². The molecule has 0 aromatic heterocycles. The Kier molecular flexibility index (Phi) is 4.30. The van der Waals surface area contributed by atoms with Crippen molar-refractivity contribution in [3.8, 4) is 0 Å². The van der Waals surface area contributed by atoms with Crippen molar-refractivity contribution in [2.75, 3.05) is 6.54 Å². The molecule has 2 aromatic carbocycles. The maximum Gasteiger partial charge on any atom is 0.126 e. The fourth-order valence-electron chi connectivity index (χ4n) is 3.11. The van der Waals surface area contributed by atoms with Gasteiger partial charge >= 0.3 is 0 Å². The predicted octanol–water partition coefficient (Wildman–Crippen LogP) is 4.17. The lowest BCUT2D eigenvalue weighted by molar-refractivity contribution is 0.462. The van der Waals surface area contributed by atoms with Crippen LogP contribution in [-0.4, -0.2) is 6.54 Å². The first-order chi connectivity index (χ1) is 10.2. The molecule has 3 rings (SSSR count). The molecule has 0 bridgehead atoms. The van der Waals surface area contributed by atoms with E-state index in [2.05, 4.69) is 29.6 Å². The van der Waals surface area contributed by atoms with Gasteiger partial charge in [-0.15, -0.1) is 0 Å². The SMILES string of the molecule is Fc1cc(F)cc(CCNC2CCCc3ccccc32)c1. The molecule has 0 radical (unpaired) electrons. The normalized spacial score (nSPS) is 17.5. The number of nitrogens with one attached hydrogen (secondary N) is 1. The molecule has 1 unspecified atom stereocenters. The summed E-state index contributed by atoms with van der Waals surface area (Å²) in [5.74, 6) is -1.01. The Bertz CT molecular complexity index is 604. The van der Waals surface area contributed by atoms with Gasteiger partial charge in [-0.05, 0) is 61.1 Å². The van der Waals surface area contributed by atoms with E-state index in [-0.39, 0.29) is 0 Å². The average molecular weight is 287 g/mol. The van der Waals surface area contributed by atoms with Gasteiger partial charge in [0, 0.05) is 12.1 Å². The molecule has 0 saturated carbocycles. The fourth-order valence-corrected chi connectivity index (χ4v) is 3.11. The van der Waals surface area contributed by atoms with E-state index in [9.17, 15) is 8.78 Å². The Morgan fingerprint density at radius 3 is 2.62 bits per heavy atom. The first-order valence-corrected chi connectivity index (χ1v) is 7.48. The highest BCUT2D eigenvalue weighted by Gasteiger charge is 2.18. The van der Waals surface area contributed by atoms with Crippen molar-refractivity contribution in [2.45, 2.75) is 31.7 Å². The van der Waals surface area contributed by atoms with E-state index in [0.29, 0.717) is 18.0 Å². The van der Waals surface area contributed by atoms with Gasteiger partial charge in [-0.1, -0.05) is 24.3 Å². The zero-order valence-electron chi connectivity index (χ0n) is 11.9. The Hall–Kier alpha value is -1.74. The van der Waals surface area contributed by atoms with Crippen molar-refractivity contribution in [3.63, 3.8) is 0 Å². The van der Waals surface area contributed by atoms with E-state index in [4.69, 9.17) is 0 Å². The summed E-state index contributed by atoms with van der Waals surface area (Å²) < 4.78 is 26.3. The maximum atomic E-state index is 13.1. The first kappa shape index (κ1) is 14.2. The standard InChI is InChI=1S/C18H19F2N/c19-15-10-13(11-16(20)12-15)8-9-21-18-7-3-5-14-4-1-2-6-17(14)18/h1-2,4,6,10-12,18,21H,3,5,7-9H2. The summed E-state index contributed by atoms with van der Waals surface area (Å²) >= 11 is 0. The van der Waals surface area contributed by atoms with Gasteiger partial charge in [-0.2, -0.15) is 0 Å². The number of fused-ring (bicyclic) bond motifs is 1. The van der Waals surface area contributed by atoms with Gasteiger partial charge in [0.1, 0.15) is 11.6 Å². The van der Waals surface area contributed by atoms with Crippen LogP contribution in [0, 0.1) is 11.6 Å². The van der Waals surface area contributed by atoms with E-state index >= 15 is 0 Å². The van der Waals surface area contributed by atoms with Gasteiger partial charge < -0.3 is 5.32 Å². The molecule has 110 valence electrons. The lowest BCUT2D eigenvalue weighted by atomic mass is 9.87. The highest BCUT2D eigenvalue weighted by molar-refractivity contribution is 5.32. The largest absolute Gasteiger partial charge is 0.310 e. The monoisotopic (exact) mass is 287 g/mol. The van der Waals surface area contributed by atoms with Crippen LogP contribution in [0.15, 0.2) is 42.5 Å². The molecule has 1 aliphatic carbocycles. The van der Waals surface area contributed by atoms with E-state index in [0.717, 1.165) is 25.5 Å². The van der Waals surface area contributed by atoms with Crippen molar-refractivity contribution < 1.29 is 8.78 Å². The van der Waals surface area contributed by atoms with E-state index in [1.54, 1.807) is 0 Å². The van der Waals surface area contributed by atoms with Crippen LogP contribution in [0.1, 0.15) is 35.6 Å². The van der Waals surface area contributed by atoms with Gasteiger partial charge in [0.05, 0.1) is 0 Å². The van der Waals surface area contributed by atoms with Gasteiger partial charge in [0.25, 0.3) is 0 Å². The molecule has 1 nitrogen and oxygen atoms in total. The summed E-state index contributed by atoms with van der Waals surface area (Å²) in [5.41, 5.74) is 3.48. The van der Waals surface area contributed by atoms with Gasteiger partial charge in [0.2, 0.25) is 0 Å². The van der Waals surface area contributed by atoms with E-state index in [1.807, 2.05) is 0 Å². The quantitative estimate of drug-likeness (QED) is 0.889. The molecule has 1 aliphatic rings. The molecule has 0 saturated heterocycles. The van der Waals surface area contributed by atoms with Crippen LogP contribution in [0.3, 0.4) is 0 Å². The minimum Gasteiger partial charge on any atom is -0.310 e. The second kappa shape index (κ2) is 6.35. The van der Waals surface area contributed by atoms with Gasteiger partial charge in [-0.25, -0.2) is 8.78 Å². The fraction of sp³-hybridized carbons (Fsp3) is 0.333. The number of aryl methyl sites for hydroxylation is 1. The average Bonchev–Trinajstić information content (AvgIpc) is 2.46. The molecule has 0 heterocycles. The molecule has 1 N–H and O–H groups in total. The number of hydrogen-bond acceptors (Lipinski definition) is 1. The molecule has 2 aromatic rings. The zero-order chi connectivity index (χ0) is 14.7. The number of halogens is 2. The van der Waals surface area contributed by atoms with Crippen LogP contribution in [0.2, 0.25) is 0 Å². The molecule has 21 heavy (non-hydrogen) atoms. The Balaban J connectivity index is 1.61. The lowest BCUT2D eigenvalue weighted by Crippen LogP contribution is -2.27. The second-order valence-electron chi connectivity index (χ2n) is 5.63. The summed E-state index contributed by atoms with van der Waals surface area (Å²) in [5, 5.41) is 3.52. The zero-order valence-corrected chi connectivity index (χ0v) is 11.9. The topological polar surface area (TPSA) is 12.0 Å². The third-order valence-corrected chi connectivity index (χ3v) is 4.10. The minimum absolute atomic E-state index is 0.355. The van der Waals surface area contributed by atoms with Crippen molar-refractivity contribution in [3.05, 3.63) is 70.8 Å². The van der Waals surface area contributed by atoms with Crippen LogP contribution in [-0.2, 0) is 12.8 Å². The molecular formula is C18H19F2N. The van der Waals surface area contributed by atoms with Crippen LogP contribution in [0.4, 0.5) is 8.78 Å². The molecule has 0 fully saturated rings. The van der Waals surface area contributed by atoms with Crippen molar-refractivity contribution in [1.82, 2.24) is 5.32 Å². The molecule has 0 amide bonds. The highest BCUT2D eigenvalue weighted by Crippen LogP contribution is 2.29. The van der Waals surface area contributed by atoms with Crippen LogP contribution in [0.5, 0.6) is 0 Å². The summed E-state index contributed by atoms with van der Waals surface area (Å²) in [6.45, 7) is 0.724. The Morgan fingerprint density at radius 2 is 1.81 bits per heavy atom. The lowest BCUT2D eigenvalue weighted by Gasteiger charge is -2.26. The molecule has 0 aliphatic heterocycles. The minimum atomic E-state index is -0.506. The Labute approximate surface area is 124 Å². The van der Waals surface area contributed by atoms with Crippen molar-refractivity contribution in [1.29, 1.82) is 0 Å². The smallest absolute Gasteiger partial charge is 0.126 e. The molecule has 1 atom stereocenters. The summed E-state index contributed by atoms with van der Waals surface area (Å²) in [6.07, 6.45) is 4.08. The predicted molar refractivity (Wildman–Crippen MR) is 80.2 cm³/mol.